The van der Waals surface area contributed by atoms with Crippen molar-refractivity contribution in [1.29, 1.82) is 0 Å². The van der Waals surface area contributed by atoms with Crippen molar-refractivity contribution in [3.05, 3.63) is 88.2 Å². The number of carbonyl (C=O) groups is 2. The molecular weight excluding hydrogens is 424 g/mol. The van der Waals surface area contributed by atoms with Gasteiger partial charge in [-0.25, -0.2) is 9.78 Å². The molecule has 32 heavy (non-hydrogen) atoms. The number of rotatable bonds is 5. The summed E-state index contributed by atoms with van der Waals surface area (Å²) in [7, 11) is 0. The Bertz CT molecular complexity index is 1260. The zero-order chi connectivity index (χ0) is 21.9. The van der Waals surface area contributed by atoms with Crippen molar-refractivity contribution in [1.82, 2.24) is 9.88 Å². The standard InChI is InChI=1S/C25H20N2O4S/c28-23(27-12-10-22-18(15-27)11-13-32-22)16-30-25(29)20-9-5-4-8-19(20)24-26-14-21(31-24)17-6-2-1-3-7-17/h1-9,11,13-14H,10,12,15-16H2. The highest BCUT2D eigenvalue weighted by atomic mass is 32.1. The molecule has 0 saturated carbocycles. The summed E-state index contributed by atoms with van der Waals surface area (Å²) in [6, 6.07) is 18.6. The van der Waals surface area contributed by atoms with Crippen LogP contribution in [-0.2, 0) is 22.5 Å². The van der Waals surface area contributed by atoms with Gasteiger partial charge in [0.2, 0.25) is 5.89 Å². The number of hydrogen-bond donors (Lipinski definition) is 0. The molecular formula is C25H20N2O4S. The molecule has 1 aliphatic rings. The highest BCUT2D eigenvalue weighted by Gasteiger charge is 2.24. The van der Waals surface area contributed by atoms with E-state index >= 15 is 0 Å². The summed E-state index contributed by atoms with van der Waals surface area (Å²) in [5.41, 5.74) is 2.89. The van der Waals surface area contributed by atoms with Gasteiger partial charge in [-0.1, -0.05) is 42.5 Å². The van der Waals surface area contributed by atoms with Gasteiger partial charge in [-0.15, -0.1) is 11.3 Å². The van der Waals surface area contributed by atoms with E-state index in [1.54, 1.807) is 46.7 Å². The molecule has 2 aromatic heterocycles. The SMILES string of the molecule is O=C(OCC(=O)N1CCc2sccc2C1)c1ccccc1-c1ncc(-c2ccccc2)o1. The molecule has 0 fully saturated rings. The highest BCUT2D eigenvalue weighted by molar-refractivity contribution is 7.10. The number of fused-ring (bicyclic) bond motifs is 1. The number of nitrogens with zero attached hydrogens (tertiary/aromatic N) is 2. The summed E-state index contributed by atoms with van der Waals surface area (Å²) in [5.74, 6) is 0.150. The first-order valence-electron chi connectivity index (χ1n) is 10.3. The van der Waals surface area contributed by atoms with E-state index in [9.17, 15) is 9.59 Å². The first-order valence-corrected chi connectivity index (χ1v) is 11.2. The van der Waals surface area contributed by atoms with Crippen molar-refractivity contribution in [2.45, 2.75) is 13.0 Å². The molecule has 0 atom stereocenters. The third-order valence-corrected chi connectivity index (χ3v) is 6.45. The van der Waals surface area contributed by atoms with Gasteiger partial charge in [-0.3, -0.25) is 4.79 Å². The maximum Gasteiger partial charge on any atom is 0.339 e. The number of amides is 1. The Balaban J connectivity index is 1.28. The number of aromatic nitrogens is 1. The average Bonchev–Trinajstić information content (AvgIpc) is 3.52. The van der Waals surface area contributed by atoms with E-state index in [4.69, 9.17) is 9.15 Å². The van der Waals surface area contributed by atoms with E-state index in [-0.39, 0.29) is 12.5 Å². The molecule has 0 unspecified atom stereocenters. The maximum atomic E-state index is 12.8. The molecule has 2 aromatic carbocycles. The molecule has 6 nitrogen and oxygen atoms in total. The van der Waals surface area contributed by atoms with Crippen LogP contribution in [0.3, 0.4) is 0 Å². The summed E-state index contributed by atoms with van der Waals surface area (Å²) in [6.07, 6.45) is 2.47. The van der Waals surface area contributed by atoms with E-state index < -0.39 is 5.97 Å². The molecule has 1 aliphatic heterocycles. The summed E-state index contributed by atoms with van der Waals surface area (Å²) in [4.78, 5) is 32.8. The topological polar surface area (TPSA) is 72.6 Å². The van der Waals surface area contributed by atoms with Crippen LogP contribution in [0.15, 0.2) is 76.7 Å². The van der Waals surface area contributed by atoms with Gasteiger partial charge >= 0.3 is 5.97 Å². The Labute approximate surface area is 189 Å². The number of esters is 1. The van der Waals surface area contributed by atoms with Crippen molar-refractivity contribution in [2.24, 2.45) is 0 Å². The fourth-order valence-corrected chi connectivity index (χ4v) is 4.63. The van der Waals surface area contributed by atoms with Gasteiger partial charge in [0.05, 0.1) is 17.3 Å². The Morgan fingerprint density at radius 2 is 1.88 bits per heavy atom. The van der Waals surface area contributed by atoms with Crippen LogP contribution in [0.4, 0.5) is 0 Å². The van der Waals surface area contributed by atoms with Gasteiger partial charge < -0.3 is 14.1 Å². The molecule has 160 valence electrons. The second-order valence-corrected chi connectivity index (χ2v) is 8.45. The maximum absolute atomic E-state index is 12.8. The molecule has 1 amide bonds. The summed E-state index contributed by atoms with van der Waals surface area (Å²) in [5, 5.41) is 2.04. The van der Waals surface area contributed by atoms with Gasteiger partial charge in [0.25, 0.3) is 5.91 Å². The molecule has 3 heterocycles. The monoisotopic (exact) mass is 444 g/mol. The van der Waals surface area contributed by atoms with Crippen molar-refractivity contribution in [2.75, 3.05) is 13.2 Å². The van der Waals surface area contributed by atoms with Crippen LogP contribution in [0, 0.1) is 0 Å². The number of ether oxygens (including phenoxy) is 1. The zero-order valence-corrected chi connectivity index (χ0v) is 18.0. The van der Waals surface area contributed by atoms with Crippen LogP contribution in [0.25, 0.3) is 22.8 Å². The largest absolute Gasteiger partial charge is 0.452 e. The van der Waals surface area contributed by atoms with Gasteiger partial charge in [-0.05, 0) is 35.6 Å². The van der Waals surface area contributed by atoms with Gasteiger partial charge in [0, 0.05) is 23.5 Å². The van der Waals surface area contributed by atoms with Crippen LogP contribution >= 0.6 is 11.3 Å². The van der Waals surface area contributed by atoms with Gasteiger partial charge in [0.1, 0.15) is 0 Å². The third kappa shape index (κ3) is 4.07. The number of carbonyl (C=O) groups excluding carboxylic acids is 2. The second kappa shape index (κ2) is 8.80. The van der Waals surface area contributed by atoms with Crippen LogP contribution in [0.5, 0.6) is 0 Å². The molecule has 0 aliphatic carbocycles. The molecule has 0 spiro atoms. The predicted octanol–water partition coefficient (Wildman–Crippen LogP) is 4.81. The van der Waals surface area contributed by atoms with E-state index in [1.807, 2.05) is 41.8 Å². The van der Waals surface area contributed by atoms with Crippen LogP contribution in [-0.4, -0.2) is 34.9 Å². The molecule has 0 bridgehead atoms. The minimum absolute atomic E-state index is 0.199. The first kappa shape index (κ1) is 20.2. The van der Waals surface area contributed by atoms with E-state index in [0.717, 1.165) is 12.0 Å². The van der Waals surface area contributed by atoms with Gasteiger partial charge in [0.15, 0.2) is 12.4 Å². The van der Waals surface area contributed by atoms with Crippen molar-refractivity contribution < 1.29 is 18.7 Å². The van der Waals surface area contributed by atoms with E-state index in [1.165, 1.54) is 10.4 Å². The Morgan fingerprint density at radius 1 is 1.06 bits per heavy atom. The predicted molar refractivity (Wildman–Crippen MR) is 121 cm³/mol. The van der Waals surface area contributed by atoms with Crippen LogP contribution < -0.4 is 0 Å². The quantitative estimate of drug-likeness (QED) is 0.413. The first-order chi connectivity index (χ1) is 15.7. The van der Waals surface area contributed by atoms with E-state index in [0.29, 0.717) is 35.9 Å². The number of hydrogen-bond acceptors (Lipinski definition) is 6. The lowest BCUT2D eigenvalue weighted by Gasteiger charge is -2.26. The second-order valence-electron chi connectivity index (χ2n) is 7.45. The number of oxazole rings is 1. The summed E-state index contributed by atoms with van der Waals surface area (Å²) >= 11 is 1.72. The summed E-state index contributed by atoms with van der Waals surface area (Å²) < 4.78 is 11.3. The van der Waals surface area contributed by atoms with E-state index in [2.05, 4.69) is 4.98 Å². The molecule has 5 rings (SSSR count). The van der Waals surface area contributed by atoms with Crippen molar-refractivity contribution >= 4 is 23.2 Å². The lowest BCUT2D eigenvalue weighted by Crippen LogP contribution is -2.38. The smallest absolute Gasteiger partial charge is 0.339 e. The number of thiophene rings is 1. The van der Waals surface area contributed by atoms with Crippen molar-refractivity contribution in [3.8, 4) is 22.8 Å². The fourth-order valence-electron chi connectivity index (χ4n) is 3.74. The van der Waals surface area contributed by atoms with Crippen LogP contribution in [0.1, 0.15) is 20.8 Å². The summed E-state index contributed by atoms with van der Waals surface area (Å²) in [6.45, 7) is 0.900. The molecule has 0 saturated heterocycles. The number of benzene rings is 2. The molecule has 7 heteroatoms. The molecule has 4 aromatic rings. The normalized spacial score (nSPS) is 12.9. The lowest BCUT2D eigenvalue weighted by atomic mass is 10.1. The Kier molecular flexibility index (Phi) is 5.56. The highest BCUT2D eigenvalue weighted by Crippen LogP contribution is 2.29. The van der Waals surface area contributed by atoms with Crippen molar-refractivity contribution in [3.63, 3.8) is 0 Å². The fraction of sp³-hybridized carbons (Fsp3) is 0.160. The average molecular weight is 445 g/mol. The Morgan fingerprint density at radius 3 is 2.75 bits per heavy atom. The molecule has 0 N–H and O–H groups in total. The minimum atomic E-state index is -0.582. The zero-order valence-electron chi connectivity index (χ0n) is 17.2. The lowest BCUT2D eigenvalue weighted by molar-refractivity contribution is -0.135. The third-order valence-electron chi connectivity index (χ3n) is 5.43. The molecule has 0 radical (unpaired) electrons. The minimum Gasteiger partial charge on any atom is -0.452 e. The van der Waals surface area contributed by atoms with Gasteiger partial charge in [-0.2, -0.15) is 0 Å². The van der Waals surface area contributed by atoms with Crippen LogP contribution in [0.2, 0.25) is 0 Å². The Hall–Kier alpha value is -3.71.